The van der Waals surface area contributed by atoms with Crippen LogP contribution in [0.3, 0.4) is 0 Å². The molecular formula is C13H20N3O4+. The van der Waals surface area contributed by atoms with Crippen LogP contribution in [0, 0.1) is 0 Å². The van der Waals surface area contributed by atoms with E-state index in [9.17, 15) is 9.59 Å². The van der Waals surface area contributed by atoms with E-state index in [0.29, 0.717) is 12.3 Å². The second-order valence-electron chi connectivity index (χ2n) is 4.63. The number of nitrogens with one attached hydrogen (secondary N) is 3. The van der Waals surface area contributed by atoms with Crippen LogP contribution in [-0.4, -0.2) is 51.2 Å². The number of amides is 2. The smallest absolute Gasteiger partial charge is 0.309 e. The summed E-state index contributed by atoms with van der Waals surface area (Å²) in [4.78, 5) is 24.5. The molecule has 0 unspecified atom stereocenters. The van der Waals surface area contributed by atoms with Crippen LogP contribution in [0.25, 0.3) is 0 Å². The van der Waals surface area contributed by atoms with E-state index in [0.717, 1.165) is 32.8 Å². The number of hydrogen-bond donors (Lipinski definition) is 3. The lowest BCUT2D eigenvalue weighted by Crippen LogP contribution is -3.14. The Labute approximate surface area is 117 Å². The van der Waals surface area contributed by atoms with E-state index in [1.165, 1.54) is 11.2 Å². The van der Waals surface area contributed by atoms with Crippen LogP contribution in [0.2, 0.25) is 0 Å². The van der Waals surface area contributed by atoms with E-state index in [4.69, 9.17) is 9.15 Å². The van der Waals surface area contributed by atoms with Gasteiger partial charge in [0.15, 0.2) is 0 Å². The zero-order valence-corrected chi connectivity index (χ0v) is 11.3. The maximum absolute atomic E-state index is 11.6. The Hall–Kier alpha value is -1.86. The predicted molar refractivity (Wildman–Crippen MR) is 69.9 cm³/mol. The summed E-state index contributed by atoms with van der Waals surface area (Å²) in [5.41, 5.74) is 0. The van der Waals surface area contributed by atoms with Crippen molar-refractivity contribution in [2.75, 3.05) is 39.4 Å². The highest BCUT2D eigenvalue weighted by molar-refractivity contribution is 6.35. The molecule has 2 rings (SSSR count). The number of carbonyl (C=O) groups excluding carboxylic acids is 2. The van der Waals surface area contributed by atoms with Crippen molar-refractivity contribution in [2.45, 2.75) is 6.54 Å². The summed E-state index contributed by atoms with van der Waals surface area (Å²) in [5.74, 6) is -0.633. The number of hydrogen-bond acceptors (Lipinski definition) is 4. The van der Waals surface area contributed by atoms with E-state index in [2.05, 4.69) is 10.6 Å². The van der Waals surface area contributed by atoms with E-state index >= 15 is 0 Å². The molecule has 0 saturated carbocycles. The minimum absolute atomic E-state index is 0.216. The molecule has 1 aliphatic rings. The SMILES string of the molecule is O=C(NCC[NH+]1CCOCC1)C(=O)NCc1ccco1. The van der Waals surface area contributed by atoms with Gasteiger partial charge in [0, 0.05) is 0 Å². The highest BCUT2D eigenvalue weighted by Gasteiger charge is 2.16. The predicted octanol–water partition coefficient (Wildman–Crippen LogP) is -2.07. The fourth-order valence-electron chi connectivity index (χ4n) is 2.00. The molecular weight excluding hydrogens is 262 g/mol. The van der Waals surface area contributed by atoms with Crippen molar-refractivity contribution in [3.05, 3.63) is 24.2 Å². The average molecular weight is 282 g/mol. The van der Waals surface area contributed by atoms with Gasteiger partial charge in [-0.15, -0.1) is 0 Å². The molecule has 2 amide bonds. The van der Waals surface area contributed by atoms with Crippen molar-refractivity contribution >= 4 is 11.8 Å². The highest BCUT2D eigenvalue weighted by atomic mass is 16.5. The summed E-state index contributed by atoms with van der Waals surface area (Å²) in [6, 6.07) is 3.46. The van der Waals surface area contributed by atoms with Gasteiger partial charge in [-0.3, -0.25) is 9.59 Å². The minimum Gasteiger partial charge on any atom is -0.467 e. The Kier molecular flexibility index (Phi) is 5.57. The molecule has 1 aromatic heterocycles. The number of furan rings is 1. The van der Waals surface area contributed by atoms with Gasteiger partial charge in [0.2, 0.25) is 0 Å². The summed E-state index contributed by atoms with van der Waals surface area (Å²) in [5, 5.41) is 5.12. The van der Waals surface area contributed by atoms with E-state index in [1.807, 2.05) is 0 Å². The number of quaternary nitrogens is 1. The van der Waals surface area contributed by atoms with Crippen LogP contribution < -0.4 is 15.5 Å². The summed E-state index contributed by atoms with van der Waals surface area (Å²) in [6.07, 6.45) is 1.52. The molecule has 110 valence electrons. The van der Waals surface area contributed by atoms with Crippen LogP contribution in [0.1, 0.15) is 5.76 Å². The van der Waals surface area contributed by atoms with Gasteiger partial charge in [-0.25, -0.2) is 0 Å². The first-order chi connectivity index (χ1) is 9.75. The van der Waals surface area contributed by atoms with Gasteiger partial charge in [0.25, 0.3) is 0 Å². The number of rotatable bonds is 5. The first-order valence-corrected chi connectivity index (χ1v) is 6.75. The summed E-state index contributed by atoms with van der Waals surface area (Å²) in [7, 11) is 0. The molecule has 0 atom stereocenters. The van der Waals surface area contributed by atoms with Crippen molar-refractivity contribution in [1.82, 2.24) is 10.6 Å². The van der Waals surface area contributed by atoms with Crippen LogP contribution in [-0.2, 0) is 20.9 Å². The standard InChI is InChI=1S/C13H19N3O4/c17-12(13(18)15-10-11-2-1-7-20-11)14-3-4-16-5-8-19-9-6-16/h1-2,7H,3-6,8-10H2,(H,14,17)(H,15,18)/p+1. The van der Waals surface area contributed by atoms with E-state index in [1.54, 1.807) is 12.1 Å². The van der Waals surface area contributed by atoms with Gasteiger partial charge in [-0.1, -0.05) is 0 Å². The second-order valence-corrected chi connectivity index (χ2v) is 4.63. The zero-order valence-electron chi connectivity index (χ0n) is 11.3. The topological polar surface area (TPSA) is 85.0 Å². The zero-order chi connectivity index (χ0) is 14.2. The molecule has 1 aliphatic heterocycles. The molecule has 3 N–H and O–H groups in total. The van der Waals surface area contributed by atoms with Gasteiger partial charge < -0.3 is 24.7 Å². The van der Waals surface area contributed by atoms with Crippen molar-refractivity contribution < 1.29 is 23.6 Å². The molecule has 7 heteroatoms. The van der Waals surface area contributed by atoms with Crippen LogP contribution in [0.15, 0.2) is 22.8 Å². The van der Waals surface area contributed by atoms with Crippen molar-refractivity contribution in [3.63, 3.8) is 0 Å². The fraction of sp³-hybridized carbons (Fsp3) is 0.538. The Balaban J connectivity index is 1.59. The average Bonchev–Trinajstić information content (AvgIpc) is 2.99. The summed E-state index contributed by atoms with van der Waals surface area (Å²) < 4.78 is 10.3. The van der Waals surface area contributed by atoms with Gasteiger partial charge >= 0.3 is 11.8 Å². The Bertz CT molecular complexity index is 427. The lowest BCUT2D eigenvalue weighted by Gasteiger charge is -2.23. The Morgan fingerprint density at radius 1 is 1.20 bits per heavy atom. The number of morpholine rings is 1. The largest absolute Gasteiger partial charge is 0.467 e. The molecule has 0 radical (unpaired) electrons. The molecule has 0 spiro atoms. The number of carbonyl (C=O) groups is 2. The van der Waals surface area contributed by atoms with Gasteiger partial charge in [-0.2, -0.15) is 0 Å². The molecule has 0 aliphatic carbocycles. The maximum atomic E-state index is 11.6. The van der Waals surface area contributed by atoms with Crippen LogP contribution in [0.4, 0.5) is 0 Å². The fourth-order valence-corrected chi connectivity index (χ4v) is 2.00. The first kappa shape index (κ1) is 14.5. The van der Waals surface area contributed by atoms with Crippen molar-refractivity contribution in [2.24, 2.45) is 0 Å². The van der Waals surface area contributed by atoms with Gasteiger partial charge in [0.1, 0.15) is 18.8 Å². The van der Waals surface area contributed by atoms with Crippen molar-refractivity contribution in [1.29, 1.82) is 0 Å². The molecule has 7 nitrogen and oxygen atoms in total. The van der Waals surface area contributed by atoms with Crippen LogP contribution >= 0.6 is 0 Å². The molecule has 0 bridgehead atoms. The third-order valence-corrected chi connectivity index (χ3v) is 3.17. The first-order valence-electron chi connectivity index (χ1n) is 6.75. The molecule has 1 saturated heterocycles. The summed E-state index contributed by atoms with van der Waals surface area (Å²) in [6.45, 7) is 4.91. The number of ether oxygens (including phenoxy) is 1. The molecule has 20 heavy (non-hydrogen) atoms. The van der Waals surface area contributed by atoms with Crippen molar-refractivity contribution in [3.8, 4) is 0 Å². The van der Waals surface area contributed by atoms with E-state index in [-0.39, 0.29) is 6.54 Å². The molecule has 0 aromatic carbocycles. The van der Waals surface area contributed by atoms with Gasteiger partial charge in [-0.05, 0) is 12.1 Å². The lowest BCUT2D eigenvalue weighted by atomic mass is 10.4. The van der Waals surface area contributed by atoms with Gasteiger partial charge in [0.05, 0.1) is 39.1 Å². The Morgan fingerprint density at radius 3 is 2.65 bits per heavy atom. The normalized spacial score (nSPS) is 15.8. The molecule has 1 aromatic rings. The highest BCUT2D eigenvalue weighted by Crippen LogP contribution is 1.97. The minimum atomic E-state index is -0.640. The Morgan fingerprint density at radius 2 is 1.95 bits per heavy atom. The molecule has 1 fully saturated rings. The van der Waals surface area contributed by atoms with E-state index < -0.39 is 11.8 Å². The quantitative estimate of drug-likeness (QED) is 0.542. The second kappa shape index (κ2) is 7.66. The summed E-state index contributed by atoms with van der Waals surface area (Å²) >= 11 is 0. The van der Waals surface area contributed by atoms with Crippen LogP contribution in [0.5, 0.6) is 0 Å². The monoisotopic (exact) mass is 282 g/mol. The maximum Gasteiger partial charge on any atom is 0.309 e. The third-order valence-electron chi connectivity index (χ3n) is 3.17. The third kappa shape index (κ3) is 4.67. The molecule has 2 heterocycles. The lowest BCUT2D eigenvalue weighted by molar-refractivity contribution is -0.906.